The van der Waals surface area contributed by atoms with E-state index in [1.807, 2.05) is 237 Å². The molecule has 0 spiro atoms. The van der Waals surface area contributed by atoms with Gasteiger partial charge in [0.05, 0.1) is 95.0 Å². The van der Waals surface area contributed by atoms with Crippen LogP contribution in [0.5, 0.6) is 0 Å². The first-order valence-electron chi connectivity index (χ1n) is 49.3. The Morgan fingerprint density at radius 2 is 0.765 bits per heavy atom. The first kappa shape index (κ1) is 120. The number of carbonyl (C=O) groups is 1. The van der Waals surface area contributed by atoms with E-state index in [1.165, 1.54) is 72.1 Å². The number of aromatic nitrogens is 16. The van der Waals surface area contributed by atoms with Crippen molar-refractivity contribution in [3.8, 4) is 45.6 Å². The second kappa shape index (κ2) is 53.7. The zero-order valence-electron chi connectivity index (χ0n) is 88.3. The number of nitrogens with two attached hydrogens (primary N) is 2. The van der Waals surface area contributed by atoms with Gasteiger partial charge in [-0.3, -0.25) is 43.1 Å². The molecule has 3 unspecified atom stereocenters. The second-order valence-corrected chi connectivity index (χ2v) is 63.0. The van der Waals surface area contributed by atoms with Gasteiger partial charge in [0.15, 0.2) is 17.9 Å². The summed E-state index contributed by atoms with van der Waals surface area (Å²) in [5.74, 6) is 1.51. The van der Waals surface area contributed by atoms with Crippen LogP contribution in [0.25, 0.3) is 100 Å². The number of para-hydroxylation sites is 6. The predicted molar refractivity (Wildman–Crippen MR) is 658 cm³/mol. The average Bonchev–Trinajstić information content (AvgIpc) is 1.57. The summed E-state index contributed by atoms with van der Waals surface area (Å²) in [6.45, 7) is 43.4. The minimum atomic E-state index is -2.21. The van der Waals surface area contributed by atoms with Crippen LogP contribution in [0.3, 0.4) is 0 Å². The maximum absolute atomic E-state index is 10.9. The molecule has 14 heterocycles. The SMILES string of the molecule is CC1(C)OB(B2OC(C)(C)C(C)(C)O2)OC1(C)C.CCC[CH2][Sn]([CH2]CCC)([CH2]CCC)[c]1ccccn1.Cc1c(Br)cncc1-c1ccccn1.Cc1c(Br)cncc1-c1ccccn1.Cc1c(Br)cncc1Br.Nc1ccccc1N.[B]P(C)n1nc(-c2nc3ccccc3[nH]2)c2cc(B3OC(C)(C)C(C)(C)O3)ccc21.[B]P(C)n1nc(-c2nc3ccccc3[nH]2)c2cc(I)ccc21.[B]P(C)n1nc(C=O)c2cc(I)ccc21. The number of nitrogen functional groups attached to an aromatic ring is 2. The Morgan fingerprint density at radius 3 is 1.13 bits per heavy atom. The van der Waals surface area contributed by atoms with Crippen molar-refractivity contribution in [2.45, 2.75) is 210 Å². The second-order valence-electron chi connectivity index (χ2n) is 39.4. The van der Waals surface area contributed by atoms with E-state index in [-0.39, 0.29) is 22.4 Å². The van der Waals surface area contributed by atoms with E-state index >= 15 is 0 Å². The molecular weight excluding hydrogens is 2510 g/mol. The molecule has 0 aliphatic carbocycles. The molecule has 41 heteroatoms. The van der Waals surface area contributed by atoms with Crippen molar-refractivity contribution in [2.24, 2.45) is 0 Å². The van der Waals surface area contributed by atoms with Crippen molar-refractivity contribution in [1.29, 1.82) is 0 Å². The molecule has 25 nitrogen and oxygen atoms in total. The first-order chi connectivity index (χ1) is 70.7. The first-order valence-corrected chi connectivity index (χ1v) is 67.5. The number of H-pyrrole nitrogens is 2. The number of hydrogen-bond donors (Lipinski definition) is 4. The minimum Gasteiger partial charge on any atom is -0.399 e. The number of anilines is 2. The molecule has 770 valence electrons. The van der Waals surface area contributed by atoms with E-state index in [0.29, 0.717) is 17.1 Å². The van der Waals surface area contributed by atoms with E-state index in [2.05, 4.69) is 259 Å². The molecule has 6 aromatic carbocycles. The van der Waals surface area contributed by atoms with Gasteiger partial charge in [-0.2, -0.15) is 15.3 Å². The third-order valence-corrected chi connectivity index (χ3v) is 49.4. The maximum atomic E-state index is 10.9. The normalized spacial score (nSPS) is 15.4. The number of nitrogens with one attached hydrogen (secondary N) is 2. The third-order valence-electron chi connectivity index (χ3n) is 27.0. The standard InChI is InChI=1S/C21H23B2N4O2P.C15H11BIN4P.C12H24B2O4.2C11H9BrN2.C9H7BIN2OP.C6H5Br2N.C6H8N2.C5H4N.3C4H9.Sn/c1-20(2)21(3,4)29-23(28-20)13-10-11-17-14(12-13)18(26-27(17)30(5)22)19-24-15-8-6-7-9-16(15)25-19;1-22(16)21-13-7-6-9(17)8-10(13)14(20-21)15-18-11-4-2-3-5-12(11)19-15;1-9(2)10(3,4)16-13(15-9)14-17-11(5,6)12(7,8)18-14;2*1-8-9(6-13-7-10(8)12)11-4-2-3-5-14-11;1-15(10)13-9-3-2-6(11)4-7(9)8(5-14)12-13;1-4-5(7)2-9-3-6(4)8;7-5-3-1-2-4-6(5)8;1-2-4-6-5-3-1;3*1-3-4-2;/h6-12H,1-5H3,(H,24,25);2-8H,1H3,(H,18,19);1-8H3;2*2-7H,1H3;2-5H,1H3;2-3H,1H3;1-4H,7-8H2;1-4H;3*1,3-4H2,2H3;. The zero-order valence-corrected chi connectivity index (χ0v) is 105. The number of imidazole rings is 2. The van der Waals surface area contributed by atoms with Gasteiger partial charge in [0.2, 0.25) is 0 Å². The smallest absolute Gasteiger partial charge is 0.399 e. The number of fused-ring (bicyclic) bond motifs is 5. The largest absolute Gasteiger partial charge is 0.494 e. The number of benzene rings is 6. The molecule has 0 amide bonds. The van der Waals surface area contributed by atoms with Gasteiger partial charge in [0.25, 0.3) is 0 Å². The molecule has 3 saturated heterocycles. The quantitative estimate of drug-likeness (QED) is 0.0181. The number of aromatic amines is 2. The number of hydrogen-bond acceptors (Lipinski definition) is 20. The van der Waals surface area contributed by atoms with E-state index < -0.39 is 74.6 Å². The van der Waals surface area contributed by atoms with Crippen LogP contribution in [0, 0.1) is 27.9 Å². The summed E-state index contributed by atoms with van der Waals surface area (Å²) >= 11 is 15.9. The summed E-state index contributed by atoms with van der Waals surface area (Å²) in [6.07, 6.45) is 25.4. The van der Waals surface area contributed by atoms with Gasteiger partial charge in [-0.05, 0) is 382 Å². The molecule has 11 aromatic heterocycles. The Hall–Kier alpha value is -7.54. The fourth-order valence-corrected chi connectivity index (χ4v) is 36.5. The molecule has 3 aliphatic heterocycles. The number of pyridine rings is 6. The van der Waals surface area contributed by atoms with Crippen LogP contribution < -0.4 is 20.6 Å². The molecule has 3 aliphatic rings. The summed E-state index contributed by atoms with van der Waals surface area (Å²) in [5, 5.41) is 16.7. The average molecular weight is 2640 g/mol. The molecule has 6 radical (unpaired) electrons. The Labute approximate surface area is 950 Å². The van der Waals surface area contributed by atoms with E-state index in [0.717, 1.165) is 134 Å². The van der Waals surface area contributed by atoms with Gasteiger partial charge in [-0.15, -0.1) is 0 Å². The molecule has 0 saturated carbocycles. The minimum absolute atomic E-state index is 0.360. The fraction of sp³-hybridized carbons (Fsp3) is 0.333. The van der Waals surface area contributed by atoms with Crippen LogP contribution in [0.15, 0.2) is 256 Å². The summed E-state index contributed by atoms with van der Waals surface area (Å²) in [5.41, 5.74) is 27.2. The Bertz CT molecular complexity index is 7060. The maximum Gasteiger partial charge on any atom is 0.494 e. The van der Waals surface area contributed by atoms with Gasteiger partial charge in [-0.1, -0.05) is 60.7 Å². The number of halogens is 6. The van der Waals surface area contributed by atoms with Crippen molar-refractivity contribution < 1.29 is 32.7 Å². The zero-order chi connectivity index (χ0) is 108. The molecule has 149 heavy (non-hydrogen) atoms. The summed E-state index contributed by atoms with van der Waals surface area (Å²) in [4.78, 5) is 52.6. The molecule has 0 bridgehead atoms. The van der Waals surface area contributed by atoms with Crippen molar-refractivity contribution in [1.82, 2.24) is 78.5 Å². The molecule has 3 atom stereocenters. The number of rotatable bonds is 20. The number of unbranched alkanes of at least 4 members (excludes halogenated alkanes) is 3. The Balaban J connectivity index is 0.000000152. The van der Waals surface area contributed by atoms with Crippen LogP contribution in [0.4, 0.5) is 11.4 Å². The topological polar surface area (TPSA) is 313 Å². The van der Waals surface area contributed by atoms with E-state index in [1.54, 1.807) is 57.5 Å². The van der Waals surface area contributed by atoms with Crippen LogP contribution >= 0.6 is 133 Å². The van der Waals surface area contributed by atoms with Gasteiger partial charge in [0, 0.05) is 102 Å². The predicted octanol–water partition coefficient (Wildman–Crippen LogP) is 28.0. The van der Waals surface area contributed by atoms with Crippen LogP contribution in [-0.4, -0.2) is 201 Å². The van der Waals surface area contributed by atoms with Crippen molar-refractivity contribution in [3.05, 3.63) is 285 Å². The van der Waals surface area contributed by atoms with E-state index in [9.17, 15) is 4.79 Å². The molecule has 6 N–H and O–H groups in total. The van der Waals surface area contributed by atoms with Gasteiger partial charge >= 0.3 is 145 Å². The van der Waals surface area contributed by atoms with Crippen LogP contribution in [0.1, 0.15) is 170 Å². The fourth-order valence-electron chi connectivity index (χ4n) is 16.2. The number of nitrogens with zero attached hydrogens (tertiary/aromatic N) is 14. The van der Waals surface area contributed by atoms with Crippen molar-refractivity contribution >= 4 is 277 Å². The molecule has 17 aromatic rings. The molecule has 20 rings (SSSR count). The van der Waals surface area contributed by atoms with Crippen molar-refractivity contribution in [3.63, 3.8) is 0 Å². The van der Waals surface area contributed by atoms with Gasteiger partial charge in [0.1, 0.15) is 39.8 Å². The van der Waals surface area contributed by atoms with Gasteiger partial charge < -0.3 is 49.4 Å². The Morgan fingerprint density at radius 1 is 0.423 bits per heavy atom. The monoisotopic (exact) mass is 2640 g/mol. The molecule has 3 fully saturated rings. The number of aldehydes is 1. The van der Waals surface area contributed by atoms with Crippen LogP contribution in [0.2, 0.25) is 13.3 Å². The molecular formula is C108H127B6Br4I2N18O7P3Sn. The summed E-state index contributed by atoms with van der Waals surface area (Å²) in [6, 6.07) is 59.9. The van der Waals surface area contributed by atoms with Crippen LogP contribution in [-0.2, 0) is 27.9 Å². The van der Waals surface area contributed by atoms with Gasteiger partial charge in [-0.25, -0.2) is 9.97 Å². The van der Waals surface area contributed by atoms with E-state index in [4.69, 9.17) is 82.3 Å². The third kappa shape index (κ3) is 30.2. The Kier molecular flexibility index (Phi) is 43.3. The summed E-state index contributed by atoms with van der Waals surface area (Å²) in [7, 11) is 14.2. The van der Waals surface area contributed by atoms with Crippen molar-refractivity contribution in [2.75, 3.05) is 31.5 Å². The number of carbonyl (C=O) groups excluding carboxylic acids is 1. The summed E-state index contributed by atoms with van der Waals surface area (Å²) < 4.78 is 54.3.